The van der Waals surface area contributed by atoms with Gasteiger partial charge in [-0.1, -0.05) is 224 Å². The summed E-state index contributed by atoms with van der Waals surface area (Å²) in [5, 5.41) is 4.74. The van der Waals surface area contributed by atoms with Gasteiger partial charge in [-0.3, -0.25) is 0 Å². The Morgan fingerprint density at radius 1 is 0.329 bits per heavy atom. The van der Waals surface area contributed by atoms with Crippen molar-refractivity contribution in [1.29, 1.82) is 0 Å². The Morgan fingerprint density at radius 3 is 1.62 bits per heavy atom. The van der Waals surface area contributed by atoms with Gasteiger partial charge in [0.25, 0.3) is 0 Å². The lowest BCUT2D eigenvalue weighted by atomic mass is 9.67. The van der Waals surface area contributed by atoms with Crippen LogP contribution in [-0.2, 0) is 5.41 Å². The molecule has 0 spiro atoms. The van der Waals surface area contributed by atoms with E-state index in [2.05, 4.69) is 295 Å². The van der Waals surface area contributed by atoms with Crippen LogP contribution in [0.1, 0.15) is 22.3 Å². The zero-order valence-corrected chi connectivity index (χ0v) is 41.5. The van der Waals surface area contributed by atoms with E-state index in [1.165, 1.54) is 71.9 Å². The zero-order chi connectivity index (χ0) is 50.2. The van der Waals surface area contributed by atoms with Crippen molar-refractivity contribution in [3.8, 4) is 50.2 Å². The minimum Gasteiger partial charge on any atom is -0.455 e. The number of fused-ring (bicyclic) bond motifs is 9. The first-order chi connectivity index (χ1) is 37.7. The van der Waals surface area contributed by atoms with Crippen molar-refractivity contribution in [3.63, 3.8) is 0 Å². The molecule has 14 aromatic rings. The van der Waals surface area contributed by atoms with E-state index >= 15 is 0 Å². The lowest BCUT2D eigenvalue weighted by Gasteiger charge is -2.34. The molecule has 12 aromatic carbocycles. The number of aromatic nitrogens is 1. The lowest BCUT2D eigenvalue weighted by Crippen LogP contribution is -2.28. The SMILES string of the molecule is c1ccc(-c2ccc(N(c3ccc(-c4ccc5c(c4)c4ccccc4n5-c4ccccc4)cc3)c3cccc4c3-c3ccccc3C4(c3ccccc3)c3ccc(-c4cccc5c4oc4ccccc45)cc3)cc2)cc1. The third-order valence-electron chi connectivity index (χ3n) is 15.9. The van der Waals surface area contributed by atoms with Crippen LogP contribution in [0.15, 0.2) is 296 Å². The third kappa shape index (κ3) is 6.76. The van der Waals surface area contributed by atoms with Crippen LogP contribution in [0, 0.1) is 0 Å². The lowest BCUT2D eigenvalue weighted by molar-refractivity contribution is 0.670. The predicted molar refractivity (Wildman–Crippen MR) is 316 cm³/mol. The summed E-state index contributed by atoms with van der Waals surface area (Å²) in [5.41, 5.74) is 22.3. The standard InChI is InChI=1S/C73H48N2O/c1-4-18-49(19-5-1)50-36-43-57(44-37-50)74(58-45-38-51(39-46-58)53-40-47-68-64(48-53)60-24-11-14-31-67(60)75(68)56-22-8-3-9-23-56)69-32-17-30-66-71(69)63-26-10-13-29-65(63)73(66,54-20-6-2-7-21-54)55-41-34-52(35-42-55)59-27-16-28-62-61-25-12-15-33-70(61)76-72(59)62/h1-48H. The van der Waals surface area contributed by atoms with Crippen molar-refractivity contribution < 1.29 is 4.42 Å². The van der Waals surface area contributed by atoms with Crippen LogP contribution < -0.4 is 4.90 Å². The van der Waals surface area contributed by atoms with Crippen molar-refractivity contribution in [1.82, 2.24) is 4.57 Å². The van der Waals surface area contributed by atoms with Crippen molar-refractivity contribution in [2.45, 2.75) is 5.41 Å². The van der Waals surface area contributed by atoms with Crippen LogP contribution in [0.2, 0.25) is 0 Å². The molecule has 0 radical (unpaired) electrons. The van der Waals surface area contributed by atoms with Crippen LogP contribution in [0.5, 0.6) is 0 Å². The number of furan rings is 1. The molecule has 1 aliphatic carbocycles. The molecular formula is C73H48N2O. The van der Waals surface area contributed by atoms with E-state index in [9.17, 15) is 0 Å². The highest BCUT2D eigenvalue weighted by atomic mass is 16.3. The van der Waals surface area contributed by atoms with Gasteiger partial charge in [0.15, 0.2) is 0 Å². The molecule has 1 unspecified atom stereocenters. The summed E-state index contributed by atoms with van der Waals surface area (Å²) in [4.78, 5) is 2.46. The van der Waals surface area contributed by atoms with E-state index in [-0.39, 0.29) is 0 Å². The Labute approximate surface area is 441 Å². The predicted octanol–water partition coefficient (Wildman–Crippen LogP) is 19.5. The molecule has 76 heavy (non-hydrogen) atoms. The third-order valence-corrected chi connectivity index (χ3v) is 15.9. The number of hydrogen-bond donors (Lipinski definition) is 0. The number of nitrogens with zero attached hydrogens (tertiary/aromatic N) is 2. The fourth-order valence-electron chi connectivity index (χ4n) is 12.5. The summed E-state index contributed by atoms with van der Waals surface area (Å²) in [6.45, 7) is 0. The molecule has 2 aromatic heterocycles. The molecule has 0 fully saturated rings. The molecule has 3 nitrogen and oxygen atoms in total. The molecule has 3 heteroatoms. The first-order valence-corrected chi connectivity index (χ1v) is 26.2. The summed E-state index contributed by atoms with van der Waals surface area (Å²) >= 11 is 0. The molecule has 2 heterocycles. The number of para-hydroxylation sites is 4. The average molecular weight is 969 g/mol. The van der Waals surface area contributed by atoms with E-state index in [1.807, 2.05) is 6.07 Å². The fourth-order valence-corrected chi connectivity index (χ4v) is 12.5. The second-order valence-electron chi connectivity index (χ2n) is 19.9. The summed E-state index contributed by atoms with van der Waals surface area (Å²) in [5.74, 6) is 0. The van der Waals surface area contributed by atoms with Crippen molar-refractivity contribution in [3.05, 3.63) is 313 Å². The molecule has 0 saturated heterocycles. The molecular weight excluding hydrogens is 921 g/mol. The molecule has 0 N–H and O–H groups in total. The smallest absolute Gasteiger partial charge is 0.143 e. The second kappa shape index (κ2) is 17.6. The first-order valence-electron chi connectivity index (χ1n) is 26.2. The summed E-state index contributed by atoms with van der Waals surface area (Å²) in [6.07, 6.45) is 0. The Kier molecular flexibility index (Phi) is 10.1. The normalized spacial score (nSPS) is 13.8. The van der Waals surface area contributed by atoms with Gasteiger partial charge in [-0.05, 0) is 122 Å². The van der Waals surface area contributed by atoms with Crippen LogP contribution in [0.3, 0.4) is 0 Å². The van der Waals surface area contributed by atoms with Crippen molar-refractivity contribution in [2.75, 3.05) is 4.90 Å². The van der Waals surface area contributed by atoms with Crippen LogP contribution in [-0.4, -0.2) is 4.57 Å². The van der Waals surface area contributed by atoms with E-state index in [0.29, 0.717) is 0 Å². The van der Waals surface area contributed by atoms with Gasteiger partial charge in [-0.25, -0.2) is 0 Å². The van der Waals surface area contributed by atoms with Gasteiger partial charge in [0, 0.05) is 49.7 Å². The summed E-state index contributed by atoms with van der Waals surface area (Å²) in [6, 6.07) is 106. The molecule has 0 amide bonds. The van der Waals surface area contributed by atoms with Gasteiger partial charge < -0.3 is 13.9 Å². The maximum Gasteiger partial charge on any atom is 0.143 e. The van der Waals surface area contributed by atoms with Gasteiger partial charge in [0.1, 0.15) is 11.2 Å². The maximum atomic E-state index is 6.56. The quantitative estimate of drug-likeness (QED) is 0.144. The topological polar surface area (TPSA) is 21.3 Å². The molecule has 0 bridgehead atoms. The van der Waals surface area contributed by atoms with Crippen molar-refractivity contribution >= 4 is 60.8 Å². The first kappa shape index (κ1) is 43.6. The maximum absolute atomic E-state index is 6.56. The molecule has 356 valence electrons. The highest BCUT2D eigenvalue weighted by Crippen LogP contribution is 2.60. The summed E-state index contributed by atoms with van der Waals surface area (Å²) < 4.78 is 8.93. The van der Waals surface area contributed by atoms with Gasteiger partial charge in [-0.2, -0.15) is 0 Å². The van der Waals surface area contributed by atoms with Gasteiger partial charge in [0.05, 0.1) is 22.1 Å². The average Bonchev–Trinajstić information content (AvgIpc) is 4.28. The molecule has 0 saturated carbocycles. The van der Waals surface area contributed by atoms with Gasteiger partial charge in [0.2, 0.25) is 0 Å². The van der Waals surface area contributed by atoms with Crippen molar-refractivity contribution in [2.24, 2.45) is 0 Å². The Bertz CT molecular complexity index is 4480. The van der Waals surface area contributed by atoms with E-state index < -0.39 is 5.41 Å². The van der Waals surface area contributed by atoms with E-state index in [1.54, 1.807) is 0 Å². The largest absolute Gasteiger partial charge is 0.455 e. The van der Waals surface area contributed by atoms with Crippen LogP contribution in [0.25, 0.3) is 93.9 Å². The second-order valence-corrected chi connectivity index (χ2v) is 19.9. The number of hydrogen-bond acceptors (Lipinski definition) is 2. The molecule has 15 rings (SSSR count). The Balaban J connectivity index is 0.894. The van der Waals surface area contributed by atoms with Crippen LogP contribution >= 0.6 is 0 Å². The van der Waals surface area contributed by atoms with Gasteiger partial charge >= 0.3 is 0 Å². The highest BCUT2D eigenvalue weighted by Gasteiger charge is 2.47. The fraction of sp³-hybridized carbons (Fsp3) is 0.0137. The van der Waals surface area contributed by atoms with E-state index in [0.717, 1.165) is 61.4 Å². The molecule has 1 aliphatic rings. The highest BCUT2D eigenvalue weighted by molar-refractivity contribution is 6.11. The summed E-state index contributed by atoms with van der Waals surface area (Å²) in [7, 11) is 0. The molecule has 1 atom stereocenters. The number of rotatable bonds is 9. The Hall–Kier alpha value is -9.96. The minimum atomic E-state index is -0.623. The van der Waals surface area contributed by atoms with Gasteiger partial charge in [-0.15, -0.1) is 0 Å². The molecule has 0 aliphatic heterocycles. The zero-order valence-electron chi connectivity index (χ0n) is 41.5. The monoisotopic (exact) mass is 968 g/mol. The minimum absolute atomic E-state index is 0.623. The number of anilines is 3. The van der Waals surface area contributed by atoms with Crippen LogP contribution in [0.4, 0.5) is 17.1 Å². The van der Waals surface area contributed by atoms with E-state index in [4.69, 9.17) is 4.42 Å². The Morgan fingerprint density at radius 2 is 0.855 bits per heavy atom. The number of benzene rings is 12.